The molecule has 146 valence electrons. The number of piperidine rings is 1. The van der Waals surface area contributed by atoms with Crippen molar-refractivity contribution in [1.82, 2.24) is 5.32 Å². The van der Waals surface area contributed by atoms with Gasteiger partial charge in [-0.2, -0.15) is 0 Å². The molecule has 4 N–H and O–H groups in total. The molecule has 2 aliphatic rings. The predicted octanol–water partition coefficient (Wildman–Crippen LogP) is 3.44. The zero-order valence-corrected chi connectivity index (χ0v) is 15.7. The lowest BCUT2D eigenvalue weighted by molar-refractivity contribution is -0.117. The van der Waals surface area contributed by atoms with Gasteiger partial charge in [0.15, 0.2) is 0 Å². The normalized spacial score (nSPS) is 23.2. The topological polar surface area (TPSA) is 93.5 Å². The molecule has 28 heavy (non-hydrogen) atoms. The summed E-state index contributed by atoms with van der Waals surface area (Å²) in [6, 6.07) is 15.1. The lowest BCUT2D eigenvalue weighted by Crippen LogP contribution is -2.39. The number of rotatable bonds is 6. The summed E-state index contributed by atoms with van der Waals surface area (Å²) in [5.41, 5.74) is 6.44. The minimum atomic E-state index is -0.536. The number of primary amides is 1. The molecule has 2 aromatic carbocycles. The molecule has 0 aromatic heterocycles. The zero-order valence-electron chi connectivity index (χ0n) is 15.7. The average molecular weight is 379 g/mol. The van der Waals surface area contributed by atoms with Gasteiger partial charge in [-0.15, -0.1) is 0 Å². The first-order valence-corrected chi connectivity index (χ1v) is 9.79. The number of amides is 2. The summed E-state index contributed by atoms with van der Waals surface area (Å²) in [5, 5.41) is 6.58. The molecule has 6 nitrogen and oxygen atoms in total. The number of para-hydroxylation sites is 1. The summed E-state index contributed by atoms with van der Waals surface area (Å²) < 4.78 is 5.76. The van der Waals surface area contributed by atoms with Crippen molar-refractivity contribution in [1.29, 1.82) is 0 Å². The number of ether oxygens (including phenoxy) is 1. The molecule has 2 bridgehead atoms. The predicted molar refractivity (Wildman–Crippen MR) is 107 cm³/mol. The molecule has 6 heteroatoms. The molecule has 0 saturated carbocycles. The van der Waals surface area contributed by atoms with E-state index in [2.05, 4.69) is 10.6 Å². The molecule has 4 rings (SSSR count). The Hall–Kier alpha value is -2.86. The fourth-order valence-corrected chi connectivity index (χ4v) is 4.31. The number of fused-ring (bicyclic) bond motifs is 2. The van der Waals surface area contributed by atoms with Gasteiger partial charge in [-0.05, 0) is 68.0 Å². The van der Waals surface area contributed by atoms with Crippen molar-refractivity contribution in [3.05, 3.63) is 54.1 Å². The highest BCUT2D eigenvalue weighted by Gasteiger charge is 2.34. The largest absolute Gasteiger partial charge is 0.457 e. The molecule has 2 heterocycles. The maximum Gasteiger partial charge on any atom is 0.252 e. The second kappa shape index (κ2) is 8.02. The Balaban J connectivity index is 1.33. The van der Waals surface area contributed by atoms with E-state index in [4.69, 9.17) is 10.5 Å². The third-order valence-corrected chi connectivity index (χ3v) is 5.56. The first-order chi connectivity index (χ1) is 13.6. The van der Waals surface area contributed by atoms with Crippen LogP contribution in [0.2, 0.25) is 0 Å². The van der Waals surface area contributed by atoms with Crippen LogP contribution in [0.3, 0.4) is 0 Å². The van der Waals surface area contributed by atoms with Gasteiger partial charge in [-0.3, -0.25) is 9.59 Å². The van der Waals surface area contributed by atoms with Gasteiger partial charge < -0.3 is 21.1 Å². The molecule has 0 radical (unpaired) electrons. The average Bonchev–Trinajstić information content (AvgIpc) is 3.02. The fraction of sp³-hybridized carbons (Fsp3) is 0.364. The molecule has 0 aliphatic carbocycles. The SMILES string of the molecule is NC(=O)c1ccccc1Oc1ccc(NC(=O)CC2CC3CCC(C2)N3)cc1. The van der Waals surface area contributed by atoms with Gasteiger partial charge >= 0.3 is 0 Å². The minimum absolute atomic E-state index is 0.0547. The molecular formula is C22H25N3O3. The van der Waals surface area contributed by atoms with Crippen molar-refractivity contribution in [2.45, 2.75) is 44.2 Å². The Morgan fingerprint density at radius 3 is 2.39 bits per heavy atom. The molecule has 2 unspecified atom stereocenters. The Morgan fingerprint density at radius 1 is 1.04 bits per heavy atom. The Morgan fingerprint density at radius 2 is 1.71 bits per heavy atom. The van der Waals surface area contributed by atoms with Crippen molar-refractivity contribution in [2.75, 3.05) is 5.32 Å². The lowest BCUT2D eigenvalue weighted by Gasteiger charge is -2.28. The third kappa shape index (κ3) is 4.34. The summed E-state index contributed by atoms with van der Waals surface area (Å²) in [4.78, 5) is 23.9. The quantitative estimate of drug-likeness (QED) is 0.717. The van der Waals surface area contributed by atoms with Gasteiger partial charge in [0.2, 0.25) is 5.91 Å². The van der Waals surface area contributed by atoms with Crippen LogP contribution < -0.4 is 21.1 Å². The van der Waals surface area contributed by atoms with Crippen LogP contribution in [0.4, 0.5) is 5.69 Å². The van der Waals surface area contributed by atoms with Gasteiger partial charge in [0, 0.05) is 24.2 Å². The Bertz CT molecular complexity index is 854. The molecule has 2 saturated heterocycles. The van der Waals surface area contributed by atoms with Crippen molar-refractivity contribution < 1.29 is 14.3 Å². The maximum absolute atomic E-state index is 12.4. The van der Waals surface area contributed by atoms with E-state index in [1.54, 1.807) is 48.5 Å². The van der Waals surface area contributed by atoms with Crippen LogP contribution >= 0.6 is 0 Å². The number of carbonyl (C=O) groups excluding carboxylic acids is 2. The van der Waals surface area contributed by atoms with E-state index in [1.807, 2.05) is 0 Å². The highest BCUT2D eigenvalue weighted by atomic mass is 16.5. The van der Waals surface area contributed by atoms with Gasteiger partial charge in [0.05, 0.1) is 5.56 Å². The van der Waals surface area contributed by atoms with Crippen LogP contribution in [0.1, 0.15) is 42.5 Å². The van der Waals surface area contributed by atoms with E-state index in [-0.39, 0.29) is 5.91 Å². The molecule has 2 atom stereocenters. The van der Waals surface area contributed by atoms with E-state index in [0.29, 0.717) is 41.5 Å². The molecule has 2 aromatic rings. The molecule has 0 spiro atoms. The number of hydrogen-bond acceptors (Lipinski definition) is 4. The van der Waals surface area contributed by atoms with Crippen molar-refractivity contribution in [2.24, 2.45) is 11.7 Å². The Kier molecular flexibility index (Phi) is 5.30. The van der Waals surface area contributed by atoms with Crippen LogP contribution in [-0.2, 0) is 4.79 Å². The van der Waals surface area contributed by atoms with Crippen LogP contribution in [-0.4, -0.2) is 23.9 Å². The zero-order chi connectivity index (χ0) is 19.5. The summed E-state index contributed by atoms with van der Waals surface area (Å²) in [5.74, 6) is 0.963. The highest BCUT2D eigenvalue weighted by molar-refractivity contribution is 5.95. The van der Waals surface area contributed by atoms with E-state index in [9.17, 15) is 9.59 Å². The summed E-state index contributed by atoms with van der Waals surface area (Å²) in [7, 11) is 0. The van der Waals surface area contributed by atoms with Crippen molar-refractivity contribution >= 4 is 17.5 Å². The van der Waals surface area contributed by atoms with Gasteiger partial charge in [0.25, 0.3) is 5.91 Å². The molecule has 2 fully saturated rings. The molecule has 2 aliphatic heterocycles. The van der Waals surface area contributed by atoms with Crippen molar-refractivity contribution in [3.63, 3.8) is 0 Å². The first-order valence-electron chi connectivity index (χ1n) is 9.79. The molecule has 2 amide bonds. The maximum atomic E-state index is 12.4. The summed E-state index contributed by atoms with van der Waals surface area (Å²) in [6.45, 7) is 0. The van der Waals surface area contributed by atoms with Gasteiger partial charge in [-0.25, -0.2) is 0 Å². The monoisotopic (exact) mass is 379 g/mol. The van der Waals surface area contributed by atoms with Gasteiger partial charge in [0.1, 0.15) is 11.5 Å². The second-order valence-electron chi connectivity index (χ2n) is 7.71. The number of nitrogens with two attached hydrogens (primary N) is 1. The second-order valence-corrected chi connectivity index (χ2v) is 7.71. The standard InChI is InChI=1S/C22H25N3O3/c23-22(27)19-3-1-2-4-20(19)28-18-9-7-15(8-10-18)25-21(26)13-14-11-16-5-6-17(12-14)24-16/h1-4,7-10,14,16-17,24H,5-6,11-13H2,(H2,23,27)(H,25,26). The van der Waals surface area contributed by atoms with E-state index in [0.717, 1.165) is 18.5 Å². The number of carbonyl (C=O) groups is 2. The number of hydrogen-bond donors (Lipinski definition) is 3. The molecular weight excluding hydrogens is 354 g/mol. The lowest BCUT2D eigenvalue weighted by atomic mass is 9.89. The van der Waals surface area contributed by atoms with Crippen LogP contribution in [0, 0.1) is 5.92 Å². The van der Waals surface area contributed by atoms with E-state index in [1.165, 1.54) is 12.8 Å². The highest BCUT2D eigenvalue weighted by Crippen LogP contribution is 2.33. The fourth-order valence-electron chi connectivity index (χ4n) is 4.31. The number of nitrogens with one attached hydrogen (secondary N) is 2. The minimum Gasteiger partial charge on any atom is -0.457 e. The number of benzene rings is 2. The Labute approximate surface area is 164 Å². The van der Waals surface area contributed by atoms with Crippen LogP contribution in [0.25, 0.3) is 0 Å². The first kappa shape index (κ1) is 18.5. The van der Waals surface area contributed by atoms with Crippen molar-refractivity contribution in [3.8, 4) is 11.5 Å². The van der Waals surface area contributed by atoms with Crippen LogP contribution in [0.5, 0.6) is 11.5 Å². The summed E-state index contributed by atoms with van der Waals surface area (Å²) >= 11 is 0. The van der Waals surface area contributed by atoms with Crippen LogP contribution in [0.15, 0.2) is 48.5 Å². The van der Waals surface area contributed by atoms with E-state index < -0.39 is 5.91 Å². The van der Waals surface area contributed by atoms with E-state index >= 15 is 0 Å². The smallest absolute Gasteiger partial charge is 0.252 e. The summed E-state index contributed by atoms with van der Waals surface area (Å²) in [6.07, 6.45) is 5.23. The number of anilines is 1. The van der Waals surface area contributed by atoms with Gasteiger partial charge in [-0.1, -0.05) is 12.1 Å². The third-order valence-electron chi connectivity index (χ3n) is 5.56.